The van der Waals surface area contributed by atoms with Crippen LogP contribution in [0.2, 0.25) is 0 Å². The van der Waals surface area contributed by atoms with Crippen molar-refractivity contribution in [1.29, 1.82) is 0 Å². The first-order chi connectivity index (χ1) is 18.2. The number of carbonyl (C=O) groups is 1. The van der Waals surface area contributed by atoms with Crippen molar-refractivity contribution in [3.8, 4) is 22.8 Å². The summed E-state index contributed by atoms with van der Waals surface area (Å²) in [4.78, 5) is 19.9. The van der Waals surface area contributed by atoms with E-state index in [4.69, 9.17) is 9.72 Å². The first kappa shape index (κ1) is 28.4. The minimum Gasteiger partial charge on any atom is -0.508 e. The Bertz CT molecular complexity index is 1500. The fraction of sp³-hybridized carbons (Fsp3) is 0.379. The van der Waals surface area contributed by atoms with Gasteiger partial charge in [0.25, 0.3) is 15.9 Å². The van der Waals surface area contributed by atoms with Crippen LogP contribution in [0, 0.1) is 17.7 Å². The van der Waals surface area contributed by atoms with Crippen LogP contribution in [0.1, 0.15) is 52.8 Å². The largest absolute Gasteiger partial charge is 0.508 e. The van der Waals surface area contributed by atoms with Gasteiger partial charge in [-0.25, -0.2) is 22.5 Å². The highest BCUT2D eigenvalue weighted by molar-refractivity contribution is 7.90. The number of ether oxygens (including phenoxy) is 1. The van der Waals surface area contributed by atoms with Crippen molar-refractivity contribution in [2.45, 2.75) is 51.5 Å². The number of aromatic hydroxyl groups is 1. The highest BCUT2D eigenvalue weighted by atomic mass is 32.2. The second-order valence-electron chi connectivity index (χ2n) is 11.1. The van der Waals surface area contributed by atoms with Gasteiger partial charge in [0.1, 0.15) is 23.1 Å². The van der Waals surface area contributed by atoms with Crippen LogP contribution in [0.15, 0.2) is 59.5 Å². The van der Waals surface area contributed by atoms with Gasteiger partial charge in [0.05, 0.1) is 22.8 Å². The second kappa shape index (κ2) is 10.8. The normalized spacial score (nSPS) is 16.9. The van der Waals surface area contributed by atoms with Crippen molar-refractivity contribution in [1.82, 2.24) is 9.71 Å². The number of hydrogen-bond donors (Lipinski definition) is 2. The van der Waals surface area contributed by atoms with E-state index >= 15 is 0 Å². The summed E-state index contributed by atoms with van der Waals surface area (Å²) in [5.41, 5.74) is 0.593. The van der Waals surface area contributed by atoms with Crippen LogP contribution in [0.4, 0.5) is 10.2 Å². The van der Waals surface area contributed by atoms with E-state index in [2.05, 4.69) is 11.6 Å². The minimum atomic E-state index is -4.27. The number of nitrogens with zero attached hydrogens (tertiary/aromatic N) is 2. The molecule has 0 bridgehead atoms. The molecule has 0 aliphatic carbocycles. The van der Waals surface area contributed by atoms with E-state index in [0.717, 1.165) is 12.5 Å². The zero-order valence-electron chi connectivity index (χ0n) is 22.7. The van der Waals surface area contributed by atoms with Crippen LogP contribution < -0.4 is 14.4 Å². The number of hydrogen-bond acceptors (Lipinski definition) is 7. The van der Waals surface area contributed by atoms with Crippen molar-refractivity contribution < 1.29 is 28.9 Å². The van der Waals surface area contributed by atoms with Gasteiger partial charge in [-0.2, -0.15) is 0 Å². The molecule has 1 fully saturated rings. The van der Waals surface area contributed by atoms with Crippen LogP contribution >= 0.6 is 0 Å². The van der Waals surface area contributed by atoms with E-state index < -0.39 is 21.7 Å². The number of sulfonamides is 1. The summed E-state index contributed by atoms with van der Waals surface area (Å²) in [6.45, 7) is 11.2. The number of carbonyl (C=O) groups excluding carboxylic acids is 1. The lowest BCUT2D eigenvalue weighted by Gasteiger charge is -2.34. The molecular formula is C29H36FN3O5S. The number of amides is 1. The van der Waals surface area contributed by atoms with Gasteiger partial charge >= 0.3 is 0 Å². The zero-order chi connectivity index (χ0) is 28.5. The Morgan fingerprint density at radius 1 is 1.23 bits per heavy atom. The number of anilines is 1. The summed E-state index contributed by atoms with van der Waals surface area (Å²) in [6, 6.07) is 12.5. The quantitative estimate of drug-likeness (QED) is 0.370. The van der Waals surface area contributed by atoms with Crippen molar-refractivity contribution >= 4 is 21.7 Å². The Balaban J connectivity index is 0.00000441. The number of benzene rings is 2. The molecule has 10 heteroatoms. The number of halogens is 1. The van der Waals surface area contributed by atoms with E-state index in [-0.39, 0.29) is 29.1 Å². The summed E-state index contributed by atoms with van der Waals surface area (Å²) in [6.07, 6.45) is 0.842. The SMILES string of the molecule is CC(C)COc1cc(F)cc(-c2ccc(C(=O)NS(=O)(=O)c3cccc(O)c3)c(N3C[C@@H](C)CC3(C)C)n2)c1.[HH]. The van der Waals surface area contributed by atoms with Gasteiger partial charge in [-0.1, -0.05) is 26.8 Å². The molecule has 2 heterocycles. The Morgan fingerprint density at radius 2 is 1.97 bits per heavy atom. The Kier molecular flexibility index (Phi) is 7.88. The van der Waals surface area contributed by atoms with Crippen molar-refractivity contribution in [2.24, 2.45) is 11.8 Å². The molecule has 210 valence electrons. The number of phenolic OH excluding ortho intramolecular Hbond substituents is 1. The molecule has 3 aromatic rings. The van der Waals surface area contributed by atoms with Crippen molar-refractivity contribution in [3.05, 3.63) is 66.0 Å². The standard InChI is InChI=1S/C29H34FN3O5S.H2/c1-18(2)17-38-23-12-20(11-21(30)13-23)26-10-9-25(27(31-26)33-16-19(3)15-29(33,4)5)28(35)32-39(36,37)24-8-6-7-22(34)14-24;/h6-14,18-19,34H,15-17H2,1-5H3,(H,32,35);1H/t19-;/m0./s1. The monoisotopic (exact) mass is 557 g/mol. The number of pyridine rings is 1. The molecule has 0 spiro atoms. The highest BCUT2D eigenvalue weighted by Gasteiger charge is 2.39. The molecule has 0 radical (unpaired) electrons. The van der Waals surface area contributed by atoms with E-state index in [1.807, 2.05) is 32.6 Å². The lowest BCUT2D eigenvalue weighted by atomic mass is 9.97. The fourth-order valence-electron chi connectivity index (χ4n) is 4.90. The summed E-state index contributed by atoms with van der Waals surface area (Å²) in [7, 11) is -4.27. The van der Waals surface area contributed by atoms with Crippen molar-refractivity contribution in [3.63, 3.8) is 0 Å². The van der Waals surface area contributed by atoms with Gasteiger partial charge in [-0.3, -0.25) is 4.79 Å². The fourth-order valence-corrected chi connectivity index (χ4v) is 5.90. The molecular weight excluding hydrogens is 521 g/mol. The summed E-state index contributed by atoms with van der Waals surface area (Å²) >= 11 is 0. The lowest BCUT2D eigenvalue weighted by molar-refractivity contribution is 0.0981. The predicted molar refractivity (Wildman–Crippen MR) is 150 cm³/mol. The van der Waals surface area contributed by atoms with Gasteiger partial charge in [-0.15, -0.1) is 0 Å². The summed E-state index contributed by atoms with van der Waals surface area (Å²) < 4.78 is 48.2. The van der Waals surface area contributed by atoms with Gasteiger partial charge in [0, 0.05) is 31.2 Å². The molecule has 1 aromatic heterocycles. The molecule has 1 aliphatic heterocycles. The lowest BCUT2D eigenvalue weighted by Crippen LogP contribution is -2.41. The molecule has 0 unspecified atom stereocenters. The molecule has 1 saturated heterocycles. The molecule has 2 N–H and O–H groups in total. The topological polar surface area (TPSA) is 109 Å². The third-order valence-corrected chi connectivity index (χ3v) is 7.88. The highest BCUT2D eigenvalue weighted by Crippen LogP contribution is 2.38. The first-order valence-electron chi connectivity index (χ1n) is 12.8. The van der Waals surface area contributed by atoms with E-state index in [1.54, 1.807) is 12.1 Å². The zero-order valence-corrected chi connectivity index (χ0v) is 23.5. The number of aromatic nitrogens is 1. The van der Waals surface area contributed by atoms with Crippen LogP contribution in [-0.4, -0.2) is 43.1 Å². The molecule has 8 nitrogen and oxygen atoms in total. The van der Waals surface area contributed by atoms with Crippen LogP contribution in [0.5, 0.6) is 11.5 Å². The maximum absolute atomic E-state index is 14.5. The maximum Gasteiger partial charge on any atom is 0.268 e. The average molecular weight is 558 g/mol. The molecule has 0 saturated carbocycles. The van der Waals surface area contributed by atoms with Gasteiger partial charge in [-0.05, 0) is 68.5 Å². The number of phenols is 1. The average Bonchev–Trinajstić information content (AvgIpc) is 3.13. The number of rotatable bonds is 8. The van der Waals surface area contributed by atoms with Gasteiger partial charge in [0.2, 0.25) is 0 Å². The Morgan fingerprint density at radius 3 is 2.62 bits per heavy atom. The van der Waals surface area contributed by atoms with Crippen LogP contribution in [0.25, 0.3) is 11.3 Å². The van der Waals surface area contributed by atoms with E-state index in [0.29, 0.717) is 41.9 Å². The second-order valence-corrected chi connectivity index (χ2v) is 12.8. The third kappa shape index (κ3) is 6.50. The molecule has 1 aliphatic rings. The van der Waals surface area contributed by atoms with Gasteiger partial charge < -0.3 is 14.7 Å². The Hall–Kier alpha value is -3.66. The summed E-state index contributed by atoms with van der Waals surface area (Å²) in [5.74, 6) is -0.337. The van der Waals surface area contributed by atoms with Crippen LogP contribution in [0.3, 0.4) is 0 Å². The molecule has 1 atom stereocenters. The third-order valence-electron chi connectivity index (χ3n) is 6.55. The minimum absolute atomic E-state index is 0. The van der Waals surface area contributed by atoms with Crippen molar-refractivity contribution in [2.75, 3.05) is 18.1 Å². The smallest absolute Gasteiger partial charge is 0.268 e. The van der Waals surface area contributed by atoms with E-state index in [1.165, 1.54) is 36.4 Å². The van der Waals surface area contributed by atoms with Crippen LogP contribution in [-0.2, 0) is 10.0 Å². The summed E-state index contributed by atoms with van der Waals surface area (Å²) in [5, 5.41) is 9.71. The predicted octanol–water partition coefficient (Wildman–Crippen LogP) is 5.62. The molecule has 2 aromatic carbocycles. The molecule has 1 amide bonds. The molecule has 39 heavy (non-hydrogen) atoms. The molecule has 4 rings (SSSR count). The Labute approximate surface area is 230 Å². The van der Waals surface area contributed by atoms with E-state index in [9.17, 15) is 22.7 Å². The number of nitrogens with one attached hydrogen (secondary N) is 1. The first-order valence-corrected chi connectivity index (χ1v) is 14.3. The maximum atomic E-state index is 14.5. The van der Waals surface area contributed by atoms with Gasteiger partial charge in [0.15, 0.2) is 0 Å².